The molecule has 0 bridgehead atoms. The van der Waals surface area contributed by atoms with Crippen molar-refractivity contribution in [2.75, 3.05) is 33.5 Å². The highest BCUT2D eigenvalue weighted by Gasteiger charge is 1.96. The van der Waals surface area contributed by atoms with Crippen molar-refractivity contribution in [3.63, 3.8) is 0 Å². The van der Waals surface area contributed by atoms with Crippen molar-refractivity contribution in [2.24, 2.45) is 0 Å². The van der Waals surface area contributed by atoms with Crippen LogP contribution in [-0.2, 0) is 14.3 Å². The highest BCUT2D eigenvalue weighted by molar-refractivity contribution is 5.76. The highest BCUT2D eigenvalue weighted by atomic mass is 16.5. The van der Waals surface area contributed by atoms with Gasteiger partial charge in [0.15, 0.2) is 0 Å². The SMILES string of the molecule is CCCCCOCCOCC(=O)NC. The van der Waals surface area contributed by atoms with E-state index in [1.165, 1.54) is 12.8 Å². The fraction of sp³-hybridized carbons (Fsp3) is 0.900. The molecule has 0 aliphatic heterocycles. The van der Waals surface area contributed by atoms with E-state index in [1.807, 2.05) is 0 Å². The van der Waals surface area contributed by atoms with E-state index in [4.69, 9.17) is 9.47 Å². The lowest BCUT2D eigenvalue weighted by molar-refractivity contribution is -0.125. The van der Waals surface area contributed by atoms with Gasteiger partial charge in [0.05, 0.1) is 13.2 Å². The average molecular weight is 203 g/mol. The van der Waals surface area contributed by atoms with Crippen molar-refractivity contribution in [1.29, 1.82) is 0 Å². The number of carbonyl (C=O) groups is 1. The van der Waals surface area contributed by atoms with Gasteiger partial charge in [0.25, 0.3) is 0 Å². The van der Waals surface area contributed by atoms with E-state index in [-0.39, 0.29) is 12.5 Å². The predicted octanol–water partition coefficient (Wildman–Crippen LogP) is 0.956. The Morgan fingerprint density at radius 1 is 1.14 bits per heavy atom. The summed E-state index contributed by atoms with van der Waals surface area (Å²) in [6.07, 6.45) is 3.52. The van der Waals surface area contributed by atoms with Gasteiger partial charge < -0.3 is 14.8 Å². The maximum absolute atomic E-state index is 10.7. The van der Waals surface area contributed by atoms with Gasteiger partial charge in [-0.15, -0.1) is 0 Å². The Hall–Kier alpha value is -0.610. The van der Waals surface area contributed by atoms with Gasteiger partial charge in [0, 0.05) is 13.7 Å². The summed E-state index contributed by atoms with van der Waals surface area (Å²) >= 11 is 0. The first-order valence-electron chi connectivity index (χ1n) is 5.17. The number of amides is 1. The Balaban J connectivity index is 2.95. The lowest BCUT2D eigenvalue weighted by Crippen LogP contribution is -2.24. The van der Waals surface area contributed by atoms with Crippen LogP contribution in [0.2, 0.25) is 0 Å². The lowest BCUT2D eigenvalue weighted by Gasteiger charge is -2.04. The largest absolute Gasteiger partial charge is 0.379 e. The van der Waals surface area contributed by atoms with Crippen molar-refractivity contribution in [2.45, 2.75) is 26.2 Å². The lowest BCUT2D eigenvalue weighted by atomic mass is 10.3. The predicted molar refractivity (Wildman–Crippen MR) is 55.2 cm³/mol. The quantitative estimate of drug-likeness (QED) is 0.568. The Kier molecular flexibility index (Phi) is 10.0. The standard InChI is InChI=1S/C10H21NO3/c1-3-4-5-6-13-7-8-14-9-10(12)11-2/h3-9H2,1-2H3,(H,11,12). The van der Waals surface area contributed by atoms with Crippen LogP contribution in [0.3, 0.4) is 0 Å². The summed E-state index contributed by atoms with van der Waals surface area (Å²) < 4.78 is 10.4. The van der Waals surface area contributed by atoms with Crippen molar-refractivity contribution < 1.29 is 14.3 Å². The molecule has 1 N–H and O–H groups in total. The van der Waals surface area contributed by atoms with E-state index < -0.39 is 0 Å². The second-order valence-corrected chi connectivity index (χ2v) is 3.05. The molecule has 0 unspecified atom stereocenters. The zero-order valence-electron chi connectivity index (χ0n) is 9.17. The normalized spacial score (nSPS) is 10.1. The van der Waals surface area contributed by atoms with Gasteiger partial charge >= 0.3 is 0 Å². The second kappa shape index (κ2) is 10.5. The minimum atomic E-state index is -0.101. The molecule has 1 amide bonds. The first kappa shape index (κ1) is 13.4. The molecule has 0 heterocycles. The van der Waals surface area contributed by atoms with Crippen molar-refractivity contribution in [3.8, 4) is 0 Å². The number of rotatable bonds is 9. The molecule has 0 aromatic carbocycles. The van der Waals surface area contributed by atoms with Crippen LogP contribution in [0, 0.1) is 0 Å². The molecule has 14 heavy (non-hydrogen) atoms. The molecule has 0 rings (SSSR count). The number of likely N-dealkylation sites (N-methyl/N-ethyl adjacent to an activating group) is 1. The van der Waals surface area contributed by atoms with Crippen LogP contribution in [0.5, 0.6) is 0 Å². The number of hydrogen-bond donors (Lipinski definition) is 1. The van der Waals surface area contributed by atoms with Crippen LogP contribution in [-0.4, -0.2) is 39.4 Å². The Morgan fingerprint density at radius 3 is 2.50 bits per heavy atom. The molecule has 0 atom stereocenters. The average Bonchev–Trinajstić information content (AvgIpc) is 2.21. The molecule has 0 aromatic heterocycles. The summed E-state index contributed by atoms with van der Waals surface area (Å²) in [7, 11) is 1.59. The monoisotopic (exact) mass is 203 g/mol. The molecule has 0 fully saturated rings. The topological polar surface area (TPSA) is 47.6 Å². The minimum Gasteiger partial charge on any atom is -0.379 e. The van der Waals surface area contributed by atoms with Crippen LogP contribution in [0.15, 0.2) is 0 Å². The van der Waals surface area contributed by atoms with Gasteiger partial charge in [-0.1, -0.05) is 19.8 Å². The fourth-order valence-corrected chi connectivity index (χ4v) is 0.911. The second-order valence-electron chi connectivity index (χ2n) is 3.05. The molecule has 0 saturated heterocycles. The van der Waals surface area contributed by atoms with E-state index in [1.54, 1.807) is 7.05 Å². The molecule has 4 heteroatoms. The molecule has 0 spiro atoms. The van der Waals surface area contributed by atoms with Gasteiger partial charge in [-0.05, 0) is 6.42 Å². The third-order valence-electron chi connectivity index (χ3n) is 1.78. The van der Waals surface area contributed by atoms with E-state index >= 15 is 0 Å². The van der Waals surface area contributed by atoms with Gasteiger partial charge in [0.2, 0.25) is 5.91 Å². The molecular formula is C10H21NO3. The van der Waals surface area contributed by atoms with Crippen LogP contribution < -0.4 is 5.32 Å². The highest BCUT2D eigenvalue weighted by Crippen LogP contribution is 1.93. The molecule has 0 radical (unpaired) electrons. The van der Waals surface area contributed by atoms with E-state index in [2.05, 4.69) is 12.2 Å². The fourth-order valence-electron chi connectivity index (χ4n) is 0.911. The Bertz CT molecular complexity index is 139. The molecular weight excluding hydrogens is 182 g/mol. The first-order chi connectivity index (χ1) is 6.81. The third-order valence-corrected chi connectivity index (χ3v) is 1.78. The van der Waals surface area contributed by atoms with E-state index in [0.29, 0.717) is 13.2 Å². The molecule has 0 aromatic rings. The maximum atomic E-state index is 10.7. The smallest absolute Gasteiger partial charge is 0.245 e. The Labute approximate surface area is 86.0 Å². The van der Waals surface area contributed by atoms with Crippen LogP contribution in [0.4, 0.5) is 0 Å². The van der Waals surface area contributed by atoms with Gasteiger partial charge in [-0.25, -0.2) is 0 Å². The summed E-state index contributed by atoms with van der Waals surface area (Å²) in [6, 6.07) is 0. The van der Waals surface area contributed by atoms with Crippen molar-refractivity contribution >= 4 is 5.91 Å². The Morgan fingerprint density at radius 2 is 1.86 bits per heavy atom. The molecule has 0 saturated carbocycles. The number of unbranched alkanes of at least 4 members (excludes halogenated alkanes) is 2. The van der Waals surface area contributed by atoms with Crippen LogP contribution in [0.25, 0.3) is 0 Å². The zero-order valence-corrected chi connectivity index (χ0v) is 9.17. The first-order valence-corrected chi connectivity index (χ1v) is 5.17. The number of hydrogen-bond acceptors (Lipinski definition) is 3. The zero-order chi connectivity index (χ0) is 10.6. The van der Waals surface area contributed by atoms with Crippen molar-refractivity contribution in [1.82, 2.24) is 5.32 Å². The molecule has 0 aliphatic rings. The summed E-state index contributed by atoms with van der Waals surface area (Å²) in [4.78, 5) is 10.7. The molecule has 0 aliphatic carbocycles. The molecule has 84 valence electrons. The number of ether oxygens (including phenoxy) is 2. The summed E-state index contributed by atoms with van der Waals surface area (Å²) in [5.74, 6) is -0.101. The summed E-state index contributed by atoms with van der Waals surface area (Å²) in [5, 5.41) is 2.48. The van der Waals surface area contributed by atoms with Crippen molar-refractivity contribution in [3.05, 3.63) is 0 Å². The number of nitrogens with one attached hydrogen (secondary N) is 1. The third kappa shape index (κ3) is 9.48. The molecule has 4 nitrogen and oxygen atoms in total. The van der Waals surface area contributed by atoms with Crippen LogP contribution >= 0.6 is 0 Å². The van der Waals surface area contributed by atoms with Gasteiger partial charge in [-0.2, -0.15) is 0 Å². The maximum Gasteiger partial charge on any atom is 0.245 e. The van der Waals surface area contributed by atoms with E-state index in [0.717, 1.165) is 13.0 Å². The number of carbonyl (C=O) groups excluding carboxylic acids is 1. The summed E-state index contributed by atoms with van der Waals surface area (Å²) in [5.41, 5.74) is 0. The van der Waals surface area contributed by atoms with E-state index in [9.17, 15) is 4.79 Å². The van der Waals surface area contributed by atoms with Gasteiger partial charge in [-0.3, -0.25) is 4.79 Å². The summed E-state index contributed by atoms with van der Waals surface area (Å²) in [6.45, 7) is 4.12. The van der Waals surface area contributed by atoms with Gasteiger partial charge in [0.1, 0.15) is 6.61 Å². The van der Waals surface area contributed by atoms with Crippen LogP contribution in [0.1, 0.15) is 26.2 Å². The minimum absolute atomic E-state index is 0.101.